The molecule has 0 bridgehead atoms. The zero-order valence-corrected chi connectivity index (χ0v) is 6.30. The number of pyridine rings is 1. The molecule has 11 heavy (non-hydrogen) atoms. The van der Waals surface area contributed by atoms with Crippen molar-refractivity contribution in [2.24, 2.45) is 5.73 Å². The molecule has 0 fully saturated rings. The van der Waals surface area contributed by atoms with Crippen molar-refractivity contribution in [3.05, 3.63) is 23.0 Å². The van der Waals surface area contributed by atoms with Gasteiger partial charge < -0.3 is 11.5 Å². The summed E-state index contributed by atoms with van der Waals surface area (Å²) in [6, 6.07) is 0. The van der Waals surface area contributed by atoms with Gasteiger partial charge in [0, 0.05) is 12.4 Å². The lowest BCUT2D eigenvalue weighted by atomic mass is 10.2. The predicted octanol–water partition coefficient (Wildman–Crippen LogP) is 0.416. The Balaban J connectivity index is 3.27. The van der Waals surface area contributed by atoms with E-state index in [-0.39, 0.29) is 16.3 Å². The minimum atomic E-state index is -0.627. The lowest BCUT2D eigenvalue weighted by molar-refractivity contribution is 0.100. The molecule has 0 radical (unpaired) electrons. The molecule has 0 unspecified atom stereocenters. The Morgan fingerprint density at radius 3 is 2.64 bits per heavy atom. The zero-order valence-electron chi connectivity index (χ0n) is 5.54. The molecule has 0 aliphatic heterocycles. The van der Waals surface area contributed by atoms with E-state index in [0.717, 1.165) is 0 Å². The fraction of sp³-hybridized carbons (Fsp3) is 0. The van der Waals surface area contributed by atoms with Crippen molar-refractivity contribution in [3.63, 3.8) is 0 Å². The summed E-state index contributed by atoms with van der Waals surface area (Å²) in [7, 11) is 0. The summed E-state index contributed by atoms with van der Waals surface area (Å²) in [6.07, 6.45) is 2.63. The molecule has 0 aliphatic carbocycles. The standard InChI is InChI=1S/C6H6ClN3O/c7-4-2-10-1-3(5(4)8)6(9)11/h1-2H,(H2,8,10)(H2,9,11). The average molecular weight is 172 g/mol. The minimum Gasteiger partial charge on any atom is -0.397 e. The molecule has 1 heterocycles. The van der Waals surface area contributed by atoms with Crippen molar-refractivity contribution >= 4 is 23.2 Å². The van der Waals surface area contributed by atoms with Gasteiger partial charge in [-0.2, -0.15) is 0 Å². The number of hydrogen-bond donors (Lipinski definition) is 2. The quantitative estimate of drug-likeness (QED) is 0.642. The highest BCUT2D eigenvalue weighted by molar-refractivity contribution is 6.33. The van der Waals surface area contributed by atoms with Crippen molar-refractivity contribution in [3.8, 4) is 0 Å². The summed E-state index contributed by atoms with van der Waals surface area (Å²) < 4.78 is 0. The normalized spacial score (nSPS) is 9.55. The number of aromatic nitrogens is 1. The largest absolute Gasteiger partial charge is 0.397 e. The summed E-state index contributed by atoms with van der Waals surface area (Å²) in [6.45, 7) is 0. The van der Waals surface area contributed by atoms with Crippen LogP contribution in [0, 0.1) is 0 Å². The second kappa shape index (κ2) is 2.75. The molecular formula is C6H6ClN3O. The molecule has 1 aromatic heterocycles. The van der Waals surface area contributed by atoms with Crippen LogP contribution in [-0.2, 0) is 0 Å². The van der Waals surface area contributed by atoms with Gasteiger partial charge in [-0.1, -0.05) is 11.6 Å². The van der Waals surface area contributed by atoms with E-state index in [1.807, 2.05) is 0 Å². The third kappa shape index (κ3) is 1.40. The number of halogens is 1. The molecule has 0 aromatic carbocycles. The molecule has 0 aliphatic rings. The SMILES string of the molecule is NC(=O)c1cncc(Cl)c1N. The molecular weight excluding hydrogens is 166 g/mol. The number of anilines is 1. The number of rotatable bonds is 1. The van der Waals surface area contributed by atoms with E-state index in [9.17, 15) is 4.79 Å². The summed E-state index contributed by atoms with van der Waals surface area (Å²) in [5.74, 6) is -0.627. The van der Waals surface area contributed by atoms with Gasteiger partial charge in [-0.3, -0.25) is 9.78 Å². The Labute approximate surface area is 68.2 Å². The number of carbonyl (C=O) groups is 1. The summed E-state index contributed by atoms with van der Waals surface area (Å²) in [4.78, 5) is 14.3. The molecule has 4 nitrogen and oxygen atoms in total. The molecule has 5 heteroatoms. The zero-order chi connectivity index (χ0) is 8.43. The highest BCUT2D eigenvalue weighted by Crippen LogP contribution is 2.19. The van der Waals surface area contributed by atoms with Crippen molar-refractivity contribution in [1.29, 1.82) is 0 Å². The van der Waals surface area contributed by atoms with Crippen molar-refractivity contribution < 1.29 is 4.79 Å². The van der Waals surface area contributed by atoms with Crippen LogP contribution in [0.1, 0.15) is 10.4 Å². The van der Waals surface area contributed by atoms with Crippen LogP contribution in [0.5, 0.6) is 0 Å². The van der Waals surface area contributed by atoms with Gasteiger partial charge in [0.15, 0.2) is 0 Å². The van der Waals surface area contributed by atoms with E-state index in [1.54, 1.807) is 0 Å². The molecule has 1 aromatic rings. The van der Waals surface area contributed by atoms with Crippen LogP contribution in [-0.4, -0.2) is 10.9 Å². The molecule has 0 spiro atoms. The van der Waals surface area contributed by atoms with Gasteiger partial charge in [0.05, 0.1) is 16.3 Å². The maximum Gasteiger partial charge on any atom is 0.252 e. The number of carbonyl (C=O) groups excluding carboxylic acids is 1. The van der Waals surface area contributed by atoms with Gasteiger partial charge in [-0.05, 0) is 0 Å². The lowest BCUT2D eigenvalue weighted by Gasteiger charge is -2.00. The number of nitrogens with zero attached hydrogens (tertiary/aromatic N) is 1. The summed E-state index contributed by atoms with van der Waals surface area (Å²) in [5.41, 5.74) is 10.7. The fourth-order valence-corrected chi connectivity index (χ4v) is 0.799. The highest BCUT2D eigenvalue weighted by Gasteiger charge is 2.07. The second-order valence-corrected chi connectivity index (χ2v) is 2.35. The Bertz CT molecular complexity index is 300. The molecule has 4 N–H and O–H groups in total. The first-order valence-corrected chi connectivity index (χ1v) is 3.19. The van der Waals surface area contributed by atoms with Crippen molar-refractivity contribution in [1.82, 2.24) is 4.98 Å². The van der Waals surface area contributed by atoms with E-state index >= 15 is 0 Å². The van der Waals surface area contributed by atoms with E-state index in [4.69, 9.17) is 23.1 Å². The number of nitrogens with two attached hydrogens (primary N) is 2. The minimum absolute atomic E-state index is 0.150. The van der Waals surface area contributed by atoms with Gasteiger partial charge in [0.1, 0.15) is 0 Å². The number of nitrogen functional groups attached to an aromatic ring is 1. The fourth-order valence-electron chi connectivity index (χ4n) is 0.641. The summed E-state index contributed by atoms with van der Waals surface area (Å²) in [5, 5.41) is 0.237. The van der Waals surface area contributed by atoms with Crippen LogP contribution in [0.25, 0.3) is 0 Å². The average Bonchev–Trinajstić information content (AvgIpc) is 1.94. The molecule has 0 atom stereocenters. The van der Waals surface area contributed by atoms with Gasteiger partial charge >= 0.3 is 0 Å². The van der Waals surface area contributed by atoms with E-state index in [0.29, 0.717) is 0 Å². The third-order valence-electron chi connectivity index (χ3n) is 1.20. The molecule has 1 rings (SSSR count). The maximum absolute atomic E-state index is 10.6. The third-order valence-corrected chi connectivity index (χ3v) is 1.51. The van der Waals surface area contributed by atoms with Crippen LogP contribution in [0.3, 0.4) is 0 Å². The molecule has 0 saturated carbocycles. The van der Waals surface area contributed by atoms with Crippen molar-refractivity contribution in [2.75, 3.05) is 5.73 Å². The Morgan fingerprint density at radius 2 is 2.18 bits per heavy atom. The van der Waals surface area contributed by atoms with E-state index < -0.39 is 5.91 Å². The first kappa shape index (κ1) is 7.81. The molecule has 0 saturated heterocycles. The van der Waals surface area contributed by atoms with Gasteiger partial charge in [0.2, 0.25) is 0 Å². The smallest absolute Gasteiger partial charge is 0.252 e. The maximum atomic E-state index is 10.6. The lowest BCUT2D eigenvalue weighted by Crippen LogP contribution is -2.13. The molecule has 1 amide bonds. The first-order valence-electron chi connectivity index (χ1n) is 2.81. The topological polar surface area (TPSA) is 82.0 Å². The van der Waals surface area contributed by atoms with Gasteiger partial charge in [0.25, 0.3) is 5.91 Å². The van der Waals surface area contributed by atoms with Crippen molar-refractivity contribution in [2.45, 2.75) is 0 Å². The number of amides is 1. The van der Waals surface area contributed by atoms with Gasteiger partial charge in [-0.15, -0.1) is 0 Å². The van der Waals surface area contributed by atoms with Crippen LogP contribution in [0.2, 0.25) is 5.02 Å². The molecule has 58 valence electrons. The van der Waals surface area contributed by atoms with Crippen LogP contribution >= 0.6 is 11.6 Å². The second-order valence-electron chi connectivity index (χ2n) is 1.95. The van der Waals surface area contributed by atoms with Crippen LogP contribution in [0.15, 0.2) is 12.4 Å². The first-order chi connectivity index (χ1) is 5.13. The number of primary amides is 1. The number of hydrogen-bond acceptors (Lipinski definition) is 3. The van der Waals surface area contributed by atoms with E-state index in [2.05, 4.69) is 4.98 Å². The monoisotopic (exact) mass is 171 g/mol. The highest BCUT2D eigenvalue weighted by atomic mass is 35.5. The van der Waals surface area contributed by atoms with Crippen LogP contribution < -0.4 is 11.5 Å². The van der Waals surface area contributed by atoms with E-state index in [1.165, 1.54) is 12.4 Å². The summed E-state index contributed by atoms with van der Waals surface area (Å²) >= 11 is 5.56. The Morgan fingerprint density at radius 1 is 1.55 bits per heavy atom. The predicted molar refractivity (Wildman–Crippen MR) is 42.2 cm³/mol. The Kier molecular flexibility index (Phi) is 1.96. The van der Waals surface area contributed by atoms with Gasteiger partial charge in [-0.25, -0.2) is 0 Å². The Hall–Kier alpha value is -1.29. The van der Waals surface area contributed by atoms with Crippen LogP contribution in [0.4, 0.5) is 5.69 Å².